The second-order valence-corrected chi connectivity index (χ2v) is 5.24. The molecule has 2 heteroatoms. The zero-order valence-corrected chi connectivity index (χ0v) is 11.5. The van der Waals surface area contributed by atoms with Crippen LogP contribution in [0.15, 0.2) is 24.3 Å². The van der Waals surface area contributed by atoms with Crippen molar-refractivity contribution in [2.75, 3.05) is 0 Å². The number of rotatable bonds is 7. The van der Waals surface area contributed by atoms with E-state index in [1.165, 1.54) is 37.8 Å². The summed E-state index contributed by atoms with van der Waals surface area (Å²) in [6, 6.07) is 6.68. The van der Waals surface area contributed by atoms with Crippen LogP contribution in [0, 0.1) is 11.7 Å². The lowest BCUT2D eigenvalue weighted by molar-refractivity contribution is 0.418. The minimum atomic E-state index is -0.182. The molecule has 0 bridgehead atoms. The number of hydrogen-bond donors (Lipinski definition) is 0. The van der Waals surface area contributed by atoms with Crippen LogP contribution in [-0.2, 0) is 6.42 Å². The lowest BCUT2D eigenvalue weighted by Gasteiger charge is -2.21. The average molecular weight is 257 g/mol. The van der Waals surface area contributed by atoms with E-state index in [9.17, 15) is 4.39 Å². The third-order valence-corrected chi connectivity index (χ3v) is 3.69. The first-order chi connectivity index (χ1) is 8.17. The van der Waals surface area contributed by atoms with Crippen LogP contribution >= 0.6 is 11.6 Å². The van der Waals surface area contributed by atoms with Crippen LogP contribution in [0.25, 0.3) is 0 Å². The molecule has 0 N–H and O–H groups in total. The van der Waals surface area contributed by atoms with Crippen molar-refractivity contribution in [2.45, 2.75) is 51.3 Å². The summed E-state index contributed by atoms with van der Waals surface area (Å²) >= 11 is 6.48. The Morgan fingerprint density at radius 1 is 1.06 bits per heavy atom. The van der Waals surface area contributed by atoms with E-state index in [0.29, 0.717) is 5.92 Å². The first-order valence-electron chi connectivity index (χ1n) is 6.55. The largest absolute Gasteiger partial charge is 0.207 e. The van der Waals surface area contributed by atoms with E-state index in [-0.39, 0.29) is 11.2 Å². The van der Waals surface area contributed by atoms with Crippen molar-refractivity contribution in [3.05, 3.63) is 35.6 Å². The Morgan fingerprint density at radius 2 is 1.59 bits per heavy atom. The Bertz CT molecular complexity index is 301. The molecule has 17 heavy (non-hydrogen) atoms. The molecule has 0 aliphatic carbocycles. The molecule has 0 spiro atoms. The summed E-state index contributed by atoms with van der Waals surface area (Å²) in [5.74, 6) is 0.398. The van der Waals surface area contributed by atoms with Crippen LogP contribution in [0.2, 0.25) is 0 Å². The molecular formula is C15H22ClF. The van der Waals surface area contributed by atoms with Gasteiger partial charge in [-0.2, -0.15) is 0 Å². The fraction of sp³-hybridized carbons (Fsp3) is 0.600. The van der Waals surface area contributed by atoms with Crippen molar-refractivity contribution in [2.24, 2.45) is 5.92 Å². The van der Waals surface area contributed by atoms with Gasteiger partial charge in [-0.05, 0) is 42.9 Å². The highest BCUT2D eigenvalue weighted by Crippen LogP contribution is 2.25. The van der Waals surface area contributed by atoms with Crippen LogP contribution in [0.4, 0.5) is 4.39 Å². The predicted octanol–water partition coefficient (Wildman–Crippen LogP) is 5.19. The molecular weight excluding hydrogens is 235 g/mol. The Kier molecular flexibility index (Phi) is 6.57. The van der Waals surface area contributed by atoms with Crippen molar-refractivity contribution in [1.29, 1.82) is 0 Å². The molecule has 1 aromatic rings. The quantitative estimate of drug-likeness (QED) is 0.589. The fourth-order valence-corrected chi connectivity index (χ4v) is 2.69. The molecule has 0 aliphatic heterocycles. The van der Waals surface area contributed by atoms with E-state index in [2.05, 4.69) is 13.8 Å². The predicted molar refractivity (Wildman–Crippen MR) is 73.1 cm³/mol. The highest BCUT2D eigenvalue weighted by Gasteiger charge is 2.18. The standard InChI is InChI=1S/C15H22ClF/c1-3-5-13(6-4-2)15(16)11-12-7-9-14(17)10-8-12/h7-10,13,15H,3-6,11H2,1-2H3. The molecule has 0 radical (unpaired) electrons. The van der Waals surface area contributed by atoms with Gasteiger partial charge >= 0.3 is 0 Å². The number of benzene rings is 1. The van der Waals surface area contributed by atoms with Crippen LogP contribution in [0.3, 0.4) is 0 Å². The Morgan fingerprint density at radius 3 is 2.06 bits per heavy atom. The van der Waals surface area contributed by atoms with E-state index < -0.39 is 0 Å². The SMILES string of the molecule is CCCC(CCC)C(Cl)Cc1ccc(F)cc1. The lowest BCUT2D eigenvalue weighted by atomic mass is 9.91. The Labute approximate surface area is 109 Å². The summed E-state index contributed by atoms with van der Waals surface area (Å²) < 4.78 is 12.8. The van der Waals surface area contributed by atoms with E-state index in [1.54, 1.807) is 0 Å². The monoisotopic (exact) mass is 256 g/mol. The van der Waals surface area contributed by atoms with Gasteiger partial charge in [0.15, 0.2) is 0 Å². The molecule has 0 fully saturated rings. The van der Waals surface area contributed by atoms with Gasteiger partial charge in [0, 0.05) is 5.38 Å². The molecule has 0 saturated heterocycles. The molecule has 0 heterocycles. The zero-order chi connectivity index (χ0) is 12.7. The van der Waals surface area contributed by atoms with Crippen LogP contribution in [-0.4, -0.2) is 5.38 Å². The maximum Gasteiger partial charge on any atom is 0.123 e. The highest BCUT2D eigenvalue weighted by molar-refractivity contribution is 6.20. The summed E-state index contributed by atoms with van der Waals surface area (Å²) in [7, 11) is 0. The van der Waals surface area contributed by atoms with Gasteiger partial charge in [-0.15, -0.1) is 11.6 Å². The molecule has 96 valence electrons. The maximum absolute atomic E-state index is 12.8. The third kappa shape index (κ3) is 5.08. The Balaban J connectivity index is 2.55. The highest BCUT2D eigenvalue weighted by atomic mass is 35.5. The summed E-state index contributed by atoms with van der Waals surface area (Å²) in [5, 5.41) is 0.167. The van der Waals surface area contributed by atoms with Gasteiger partial charge in [0.1, 0.15) is 5.82 Å². The van der Waals surface area contributed by atoms with Gasteiger partial charge in [0.05, 0.1) is 0 Å². The van der Waals surface area contributed by atoms with E-state index in [4.69, 9.17) is 11.6 Å². The van der Waals surface area contributed by atoms with Crippen molar-refractivity contribution >= 4 is 11.6 Å². The second-order valence-electron chi connectivity index (χ2n) is 4.68. The lowest BCUT2D eigenvalue weighted by Crippen LogP contribution is -2.17. The van der Waals surface area contributed by atoms with E-state index in [0.717, 1.165) is 12.0 Å². The molecule has 0 aromatic heterocycles. The minimum absolute atomic E-state index is 0.167. The molecule has 0 nitrogen and oxygen atoms in total. The summed E-state index contributed by atoms with van der Waals surface area (Å²) in [4.78, 5) is 0. The minimum Gasteiger partial charge on any atom is -0.207 e. The summed E-state index contributed by atoms with van der Waals surface area (Å²) in [5.41, 5.74) is 1.13. The van der Waals surface area contributed by atoms with Gasteiger partial charge in [0.25, 0.3) is 0 Å². The maximum atomic E-state index is 12.8. The third-order valence-electron chi connectivity index (χ3n) is 3.17. The van der Waals surface area contributed by atoms with Crippen molar-refractivity contribution in [1.82, 2.24) is 0 Å². The number of halogens is 2. The molecule has 0 saturated carbocycles. The molecule has 1 atom stereocenters. The van der Waals surface area contributed by atoms with Crippen molar-refractivity contribution in [3.8, 4) is 0 Å². The van der Waals surface area contributed by atoms with Gasteiger partial charge in [-0.3, -0.25) is 0 Å². The second kappa shape index (κ2) is 7.71. The van der Waals surface area contributed by atoms with E-state index in [1.807, 2.05) is 12.1 Å². The van der Waals surface area contributed by atoms with Gasteiger partial charge < -0.3 is 0 Å². The number of hydrogen-bond acceptors (Lipinski definition) is 0. The van der Waals surface area contributed by atoms with Crippen LogP contribution in [0.1, 0.15) is 45.1 Å². The van der Waals surface area contributed by atoms with Crippen molar-refractivity contribution < 1.29 is 4.39 Å². The van der Waals surface area contributed by atoms with E-state index >= 15 is 0 Å². The molecule has 0 amide bonds. The first-order valence-corrected chi connectivity index (χ1v) is 6.99. The average Bonchev–Trinajstić information content (AvgIpc) is 2.32. The Hall–Kier alpha value is -0.560. The van der Waals surface area contributed by atoms with Crippen LogP contribution < -0.4 is 0 Å². The van der Waals surface area contributed by atoms with Gasteiger partial charge in [0.2, 0.25) is 0 Å². The topological polar surface area (TPSA) is 0 Å². The van der Waals surface area contributed by atoms with Gasteiger partial charge in [-0.25, -0.2) is 4.39 Å². The van der Waals surface area contributed by atoms with Crippen molar-refractivity contribution in [3.63, 3.8) is 0 Å². The number of alkyl halides is 1. The smallest absolute Gasteiger partial charge is 0.123 e. The molecule has 1 aromatic carbocycles. The zero-order valence-electron chi connectivity index (χ0n) is 10.8. The fourth-order valence-electron chi connectivity index (χ4n) is 2.26. The van der Waals surface area contributed by atoms with Gasteiger partial charge in [-0.1, -0.05) is 38.8 Å². The normalized spacial score (nSPS) is 13.0. The summed E-state index contributed by atoms with van der Waals surface area (Å²) in [6.45, 7) is 4.40. The molecule has 0 aliphatic rings. The molecule has 1 rings (SSSR count). The first kappa shape index (κ1) is 14.5. The van der Waals surface area contributed by atoms with Crippen LogP contribution in [0.5, 0.6) is 0 Å². The summed E-state index contributed by atoms with van der Waals surface area (Å²) in [6.07, 6.45) is 5.56. The molecule has 1 unspecified atom stereocenters.